The fourth-order valence-electron chi connectivity index (χ4n) is 2.90. The number of nitro benzene ring substituents is 1. The Morgan fingerprint density at radius 2 is 1.66 bits per heavy atom. The van der Waals surface area contributed by atoms with Crippen LogP contribution in [0.4, 0.5) is 5.69 Å². The van der Waals surface area contributed by atoms with E-state index in [1.165, 1.54) is 13.2 Å². The van der Waals surface area contributed by atoms with E-state index in [0.29, 0.717) is 30.8 Å². The zero-order valence-electron chi connectivity index (χ0n) is 17.7. The molecule has 0 bridgehead atoms. The first-order valence-electron chi connectivity index (χ1n) is 9.47. The second kappa shape index (κ2) is 12.7. The maximum atomic E-state index is 11.4. The minimum absolute atomic E-state index is 0.00986. The molecule has 9 nitrogen and oxygen atoms in total. The van der Waals surface area contributed by atoms with Crippen molar-refractivity contribution >= 4 is 14.5 Å². The molecule has 0 aliphatic heterocycles. The summed E-state index contributed by atoms with van der Waals surface area (Å²) in [7, 11) is 4.48. The molecule has 1 aromatic rings. The normalized spacial score (nSPS) is 11.5. The molecule has 0 saturated carbocycles. The molecule has 0 radical (unpaired) electrons. The first-order valence-corrected chi connectivity index (χ1v) is 15.9. The third-order valence-corrected chi connectivity index (χ3v) is 8.29. The fraction of sp³-hybridized carbons (Fsp3) is 0.667. The van der Waals surface area contributed by atoms with Gasteiger partial charge in [0.05, 0.1) is 0 Å². The monoisotopic (exact) mass is 683 g/mol. The Balaban J connectivity index is 2.45. The molecule has 0 heterocycles. The van der Waals surface area contributed by atoms with Gasteiger partial charge in [-0.05, 0) is 6.42 Å². The zero-order chi connectivity index (χ0) is 21.7. The van der Waals surface area contributed by atoms with Crippen LogP contribution in [0.1, 0.15) is 31.2 Å². The van der Waals surface area contributed by atoms with Crippen LogP contribution in [0.5, 0.6) is 11.5 Å². The fourth-order valence-corrected chi connectivity index (χ4v) is 5.69. The second-order valence-electron chi connectivity index (χ2n) is 6.25. The predicted octanol–water partition coefficient (Wildman–Crippen LogP) is 3.44. The van der Waals surface area contributed by atoms with Crippen molar-refractivity contribution in [3.63, 3.8) is 0 Å². The number of nitro groups is 1. The summed E-state index contributed by atoms with van der Waals surface area (Å²) >= 11 is 0. The molecule has 11 heteroatoms. The van der Waals surface area contributed by atoms with Gasteiger partial charge in [0.1, 0.15) is 0 Å². The van der Waals surface area contributed by atoms with Gasteiger partial charge in [-0.15, -0.1) is 0 Å². The molecule has 0 N–H and O–H groups in total. The van der Waals surface area contributed by atoms with E-state index in [2.05, 4.69) is 0 Å². The molecule has 0 unspecified atom stereocenters. The number of unbranched alkanes of at least 4 members (excludes halogenated alkanes) is 3. The average molecular weight is 684 g/mol. The molecule has 0 saturated heterocycles. The number of rotatable bonds is 16. The number of nitrogens with zero attached hydrogens (tertiary/aromatic N) is 1. The molecule has 1 aromatic carbocycles. The topological polar surface area (TPSA) is 98.5 Å². The van der Waals surface area contributed by atoms with E-state index in [9.17, 15) is 10.1 Å². The summed E-state index contributed by atoms with van der Waals surface area (Å²) in [6, 6.07) is 3.83. The van der Waals surface area contributed by atoms with Gasteiger partial charge in [0.2, 0.25) is 0 Å². The molecule has 29 heavy (non-hydrogen) atoms. The Bertz CT molecular complexity index is 622. The number of benzene rings is 1. The van der Waals surface area contributed by atoms with Crippen molar-refractivity contribution in [3.05, 3.63) is 27.8 Å². The molecular weight excluding hydrogens is 653 g/mol. The molecule has 161 valence electrons. The summed E-state index contributed by atoms with van der Waals surface area (Å²) in [6.45, 7) is 0.688. The number of methoxy groups -OCH3 is 1. The minimum atomic E-state index is -2.49. The predicted molar refractivity (Wildman–Crippen MR) is 105 cm³/mol. The Labute approximate surface area is 167 Å². The van der Waals surface area contributed by atoms with Gasteiger partial charge in [-0.3, -0.25) is 0 Å². The number of hydrogen-bond acceptors (Lipinski definition) is 8. The van der Waals surface area contributed by atoms with E-state index < -0.39 is 13.7 Å². The van der Waals surface area contributed by atoms with Crippen LogP contribution in [0.25, 0.3) is 0 Å². The van der Waals surface area contributed by atoms with Gasteiger partial charge in [0.15, 0.2) is 0 Å². The summed E-state index contributed by atoms with van der Waals surface area (Å²) < 4.78 is 33.0. The van der Waals surface area contributed by atoms with E-state index in [1.807, 2.05) is 0 Å². The Morgan fingerprint density at radius 3 is 2.21 bits per heavy atom. The van der Waals surface area contributed by atoms with Crippen LogP contribution in [0.3, 0.4) is 0 Å². The number of hydrogen-bond donors (Lipinski definition) is 0. The Morgan fingerprint density at radius 1 is 1.00 bits per heavy atom. The molecule has 0 amide bonds. The quantitative estimate of drug-likeness (QED) is 0.113. The first-order chi connectivity index (χ1) is 14.0. The van der Waals surface area contributed by atoms with Gasteiger partial charge >= 0.3 is 120 Å². The van der Waals surface area contributed by atoms with Crippen LogP contribution in [-0.4, -0.2) is 55.9 Å². The van der Waals surface area contributed by atoms with Crippen molar-refractivity contribution in [2.45, 2.75) is 38.3 Å². The summed E-state index contributed by atoms with van der Waals surface area (Å²) in [5, 5.41) is 11.4. The molecule has 0 aromatic heterocycles. The van der Waals surface area contributed by atoms with Gasteiger partial charge in [-0.1, -0.05) is 0 Å². The van der Waals surface area contributed by atoms with Crippen LogP contribution in [0.15, 0.2) is 12.1 Å². The van der Waals surface area contributed by atoms with Gasteiger partial charge in [0.25, 0.3) is 0 Å². The Hall–Kier alpha value is -2.72. The third-order valence-electron chi connectivity index (χ3n) is 4.53. The van der Waals surface area contributed by atoms with Crippen molar-refractivity contribution in [3.8, 4) is 11.5 Å². The second-order valence-corrected chi connectivity index (χ2v) is 11.2. The summed E-state index contributed by atoms with van der Waals surface area (Å²) in [5.41, 5.74) is 0.471. The SMILES string of the molecule is COc1cc(COCCCCCC[Si](OC)(OC)OC)c([N+](=O)[O-])cc1O[CH2][Rf]. The molecule has 0 aliphatic rings. The van der Waals surface area contributed by atoms with Crippen LogP contribution in [0.2, 0.25) is 6.04 Å². The molecule has 0 spiro atoms. The zero-order valence-corrected chi connectivity index (χ0v) is 25.1. The van der Waals surface area contributed by atoms with Gasteiger partial charge in [-0.25, -0.2) is 0 Å². The van der Waals surface area contributed by atoms with Gasteiger partial charge < -0.3 is 13.3 Å². The molecular formula is C18H30NO8RfSi. The summed E-state index contributed by atoms with van der Waals surface area (Å²) in [5.74, 6) is 0.897. The van der Waals surface area contributed by atoms with Crippen molar-refractivity contribution in [1.29, 1.82) is 0 Å². The third kappa shape index (κ3) is 7.31. The maximum absolute atomic E-state index is 11.4. The van der Waals surface area contributed by atoms with Crippen molar-refractivity contribution in [2.24, 2.45) is 0 Å². The van der Waals surface area contributed by atoms with Crippen LogP contribution >= 0.6 is 0 Å². The van der Waals surface area contributed by atoms with E-state index >= 15 is 0 Å². The first kappa shape index (κ1) is 24.3. The summed E-state index contributed by atoms with van der Waals surface area (Å²) in [4.78, 5) is 11.0. The van der Waals surface area contributed by atoms with E-state index in [1.54, 1.807) is 27.4 Å². The molecule has 1 rings (SSSR count). The van der Waals surface area contributed by atoms with E-state index in [-0.39, 0.29) is 12.3 Å². The molecule has 0 fully saturated rings. The van der Waals surface area contributed by atoms with Gasteiger partial charge in [-0.2, -0.15) is 0 Å². The summed E-state index contributed by atoms with van der Waals surface area (Å²) in [6.07, 6.45) is 3.82. The molecule has 0 atom stereocenters. The van der Waals surface area contributed by atoms with E-state index in [4.69, 9.17) is 27.5 Å². The van der Waals surface area contributed by atoms with Crippen LogP contribution in [0, 0.1) is 10.1 Å². The standard InChI is InChI=1S/C18H30NO8Si.Rf/c1-22-17-12-15(16(19(20)21)13-18(17)23-2)14-27-10-8-6-7-9-11-28(24-3,25-4)26-5;/h12-13H,2,6-11,14H2,1,3-5H3;. The van der Waals surface area contributed by atoms with Crippen LogP contribution < -0.4 is 9.47 Å². The average Bonchev–Trinajstić information content (AvgIpc) is 2.73. The van der Waals surface area contributed by atoms with Crippen molar-refractivity contribution in [2.75, 3.05) is 42.2 Å². The van der Waals surface area contributed by atoms with Crippen molar-refractivity contribution in [1.82, 2.24) is 0 Å². The van der Waals surface area contributed by atoms with E-state index in [0.717, 1.165) is 31.7 Å². The van der Waals surface area contributed by atoms with Crippen molar-refractivity contribution < 1.29 is 32.4 Å². The molecule has 0 aliphatic carbocycles. The Kier molecular flexibility index (Phi) is 10.6. The number of ether oxygens (including phenoxy) is 3. The van der Waals surface area contributed by atoms with Gasteiger partial charge in [0, 0.05) is 27.4 Å². The van der Waals surface area contributed by atoms with Crippen LogP contribution in [-0.2, 0) is 24.6 Å².